The number of aromatic carboxylic acids is 1. The zero-order valence-corrected chi connectivity index (χ0v) is 10.7. The summed E-state index contributed by atoms with van der Waals surface area (Å²) in [5.74, 6) is -0.313. The highest BCUT2D eigenvalue weighted by atomic mass is 16.4. The summed E-state index contributed by atoms with van der Waals surface area (Å²) in [5.41, 5.74) is 1.15. The molecule has 0 saturated carbocycles. The van der Waals surface area contributed by atoms with Crippen molar-refractivity contribution in [3.8, 4) is 0 Å². The first-order valence-electron chi connectivity index (χ1n) is 5.93. The van der Waals surface area contributed by atoms with Gasteiger partial charge in [-0.3, -0.25) is 9.88 Å². The van der Waals surface area contributed by atoms with Gasteiger partial charge < -0.3 is 5.11 Å². The minimum Gasteiger partial charge on any atom is -0.478 e. The van der Waals surface area contributed by atoms with Crippen LogP contribution >= 0.6 is 0 Å². The van der Waals surface area contributed by atoms with Gasteiger partial charge in [-0.25, -0.2) is 4.79 Å². The minimum absolute atomic E-state index is 0.237. The summed E-state index contributed by atoms with van der Waals surface area (Å²) in [7, 11) is 0. The third-order valence-corrected chi connectivity index (χ3v) is 2.53. The molecule has 1 aromatic rings. The fourth-order valence-electron chi connectivity index (χ4n) is 1.70. The first-order chi connectivity index (χ1) is 8.02. The third kappa shape index (κ3) is 4.53. The molecule has 1 aromatic heterocycles. The van der Waals surface area contributed by atoms with Gasteiger partial charge in [0, 0.05) is 19.3 Å². The second-order valence-corrected chi connectivity index (χ2v) is 4.56. The summed E-state index contributed by atoms with van der Waals surface area (Å²) in [6.45, 7) is 9.26. The van der Waals surface area contributed by atoms with Crippen molar-refractivity contribution in [1.29, 1.82) is 0 Å². The highest BCUT2D eigenvalue weighted by Gasteiger charge is 2.08. The molecule has 17 heavy (non-hydrogen) atoms. The van der Waals surface area contributed by atoms with Crippen LogP contribution in [-0.4, -0.2) is 34.0 Å². The summed E-state index contributed by atoms with van der Waals surface area (Å²) in [5, 5.41) is 8.77. The van der Waals surface area contributed by atoms with Crippen LogP contribution in [0.25, 0.3) is 0 Å². The summed E-state index contributed by atoms with van der Waals surface area (Å²) < 4.78 is 0. The summed E-state index contributed by atoms with van der Waals surface area (Å²) in [6.07, 6.45) is 1.42. The molecule has 1 rings (SSSR count). The van der Waals surface area contributed by atoms with Gasteiger partial charge in [0.15, 0.2) is 0 Å². The van der Waals surface area contributed by atoms with E-state index in [2.05, 4.69) is 30.7 Å². The van der Waals surface area contributed by atoms with E-state index in [1.807, 2.05) is 0 Å². The maximum absolute atomic E-state index is 10.7. The number of rotatable bonds is 6. The van der Waals surface area contributed by atoms with Gasteiger partial charge in [-0.2, -0.15) is 0 Å². The Morgan fingerprint density at radius 3 is 2.59 bits per heavy atom. The zero-order valence-electron chi connectivity index (χ0n) is 10.7. The van der Waals surface area contributed by atoms with E-state index < -0.39 is 5.97 Å². The number of nitrogens with zero attached hydrogens (tertiary/aromatic N) is 2. The number of carboxylic acids is 1. The molecular weight excluding hydrogens is 216 g/mol. The molecule has 4 nitrogen and oxygen atoms in total. The second-order valence-electron chi connectivity index (χ2n) is 4.56. The van der Waals surface area contributed by atoms with Crippen molar-refractivity contribution in [2.24, 2.45) is 5.92 Å². The largest absolute Gasteiger partial charge is 0.478 e. The third-order valence-electron chi connectivity index (χ3n) is 2.53. The highest BCUT2D eigenvalue weighted by molar-refractivity contribution is 5.87. The van der Waals surface area contributed by atoms with Crippen LogP contribution in [0.15, 0.2) is 18.3 Å². The molecule has 1 heterocycles. The van der Waals surface area contributed by atoms with Crippen molar-refractivity contribution in [1.82, 2.24) is 9.88 Å². The number of hydrogen-bond acceptors (Lipinski definition) is 3. The van der Waals surface area contributed by atoms with Gasteiger partial charge in [-0.1, -0.05) is 20.8 Å². The van der Waals surface area contributed by atoms with E-state index in [1.54, 1.807) is 12.1 Å². The molecule has 0 fully saturated rings. The average Bonchev–Trinajstić information content (AvgIpc) is 2.28. The van der Waals surface area contributed by atoms with Crippen molar-refractivity contribution >= 4 is 5.97 Å². The van der Waals surface area contributed by atoms with Crippen LogP contribution in [0.2, 0.25) is 0 Å². The lowest BCUT2D eigenvalue weighted by Crippen LogP contribution is -2.27. The maximum atomic E-state index is 10.7. The molecule has 1 N–H and O–H groups in total. The Balaban J connectivity index is 2.64. The molecule has 0 aromatic carbocycles. The number of carboxylic acid groups (broad SMARTS) is 1. The van der Waals surface area contributed by atoms with Crippen molar-refractivity contribution in [2.75, 3.05) is 13.1 Å². The molecule has 0 amide bonds. The molecule has 0 aliphatic heterocycles. The monoisotopic (exact) mass is 236 g/mol. The Morgan fingerprint density at radius 1 is 1.47 bits per heavy atom. The van der Waals surface area contributed by atoms with Crippen molar-refractivity contribution < 1.29 is 9.90 Å². The van der Waals surface area contributed by atoms with E-state index in [0.717, 1.165) is 25.3 Å². The smallest absolute Gasteiger partial charge is 0.337 e. The molecule has 0 radical (unpaired) electrons. The average molecular weight is 236 g/mol. The van der Waals surface area contributed by atoms with Crippen LogP contribution in [0, 0.1) is 5.92 Å². The van der Waals surface area contributed by atoms with E-state index in [4.69, 9.17) is 5.11 Å². The second kappa shape index (κ2) is 6.35. The van der Waals surface area contributed by atoms with E-state index in [0.29, 0.717) is 5.92 Å². The highest BCUT2D eigenvalue weighted by Crippen LogP contribution is 2.06. The predicted molar refractivity (Wildman–Crippen MR) is 67.0 cm³/mol. The van der Waals surface area contributed by atoms with Gasteiger partial charge >= 0.3 is 5.97 Å². The van der Waals surface area contributed by atoms with Crippen molar-refractivity contribution in [3.05, 3.63) is 29.6 Å². The van der Waals surface area contributed by atoms with Crippen molar-refractivity contribution in [3.63, 3.8) is 0 Å². The Kier molecular flexibility index (Phi) is 5.10. The molecule has 0 atom stereocenters. The van der Waals surface area contributed by atoms with Gasteiger partial charge in [0.1, 0.15) is 0 Å². The molecule has 0 spiro atoms. The van der Waals surface area contributed by atoms with Crippen LogP contribution in [0.5, 0.6) is 0 Å². The van der Waals surface area contributed by atoms with Crippen LogP contribution in [0.4, 0.5) is 0 Å². The predicted octanol–water partition coefficient (Wildman–Crippen LogP) is 2.26. The Morgan fingerprint density at radius 2 is 2.18 bits per heavy atom. The molecule has 0 saturated heterocycles. The Bertz CT molecular complexity index is 360. The van der Waals surface area contributed by atoms with E-state index in [-0.39, 0.29) is 5.56 Å². The quantitative estimate of drug-likeness (QED) is 0.823. The fraction of sp³-hybridized carbons (Fsp3) is 0.538. The summed E-state index contributed by atoms with van der Waals surface area (Å²) in [6, 6.07) is 3.39. The van der Waals surface area contributed by atoms with Crippen molar-refractivity contribution in [2.45, 2.75) is 27.3 Å². The molecule has 0 aliphatic carbocycles. The van der Waals surface area contributed by atoms with Gasteiger partial charge in [0.2, 0.25) is 0 Å². The van der Waals surface area contributed by atoms with Gasteiger partial charge in [-0.15, -0.1) is 0 Å². The van der Waals surface area contributed by atoms with Crippen LogP contribution in [0.1, 0.15) is 36.8 Å². The molecule has 94 valence electrons. The zero-order chi connectivity index (χ0) is 12.8. The number of hydrogen-bond donors (Lipinski definition) is 1. The standard InChI is InChI=1S/C13H20N2O2/c1-4-15(8-10(2)3)9-12-6-5-11(7-14-12)13(16)17/h5-7,10H,4,8-9H2,1-3H3,(H,16,17). The molecule has 0 unspecified atom stereocenters. The van der Waals surface area contributed by atoms with Gasteiger partial charge in [0.05, 0.1) is 11.3 Å². The first kappa shape index (κ1) is 13.6. The van der Waals surface area contributed by atoms with E-state index >= 15 is 0 Å². The lowest BCUT2D eigenvalue weighted by molar-refractivity contribution is 0.0696. The van der Waals surface area contributed by atoms with Crippen LogP contribution < -0.4 is 0 Å². The fourth-order valence-corrected chi connectivity index (χ4v) is 1.70. The van der Waals surface area contributed by atoms with Gasteiger partial charge in [0.25, 0.3) is 0 Å². The summed E-state index contributed by atoms with van der Waals surface area (Å²) in [4.78, 5) is 17.2. The SMILES string of the molecule is CCN(Cc1ccc(C(=O)O)cn1)CC(C)C. The number of aromatic nitrogens is 1. The first-order valence-corrected chi connectivity index (χ1v) is 5.93. The lowest BCUT2D eigenvalue weighted by Gasteiger charge is -2.21. The van der Waals surface area contributed by atoms with Crippen LogP contribution in [-0.2, 0) is 6.54 Å². The lowest BCUT2D eigenvalue weighted by atomic mass is 10.2. The number of pyridine rings is 1. The molecule has 0 bridgehead atoms. The topological polar surface area (TPSA) is 53.4 Å². The number of carbonyl (C=O) groups is 1. The van der Waals surface area contributed by atoms with E-state index in [1.165, 1.54) is 6.20 Å². The molecular formula is C13H20N2O2. The molecule has 0 aliphatic rings. The Labute approximate surface area is 102 Å². The molecule has 4 heteroatoms. The Hall–Kier alpha value is -1.42. The summed E-state index contributed by atoms with van der Waals surface area (Å²) >= 11 is 0. The minimum atomic E-state index is -0.932. The normalized spacial score (nSPS) is 11.1. The maximum Gasteiger partial charge on any atom is 0.337 e. The van der Waals surface area contributed by atoms with Crippen LogP contribution in [0.3, 0.4) is 0 Å². The van der Waals surface area contributed by atoms with Gasteiger partial charge in [-0.05, 0) is 24.6 Å². The van der Waals surface area contributed by atoms with E-state index in [9.17, 15) is 4.79 Å².